The standard InChI is InChI=1S/C21H12F16O/c22-15(23,16(24,25)17(26,27)18(28,29)19(30,31)21(35,36)37)10-14(38,20(32,33)34)13-8-6-12(7-9-13)11-4-2-1-3-5-11/h1-9,38H,10H2. The molecular weight excluding hydrogens is 572 g/mol. The zero-order valence-corrected chi connectivity index (χ0v) is 17.9. The molecule has 1 N–H and O–H groups in total. The maximum absolute atomic E-state index is 14.2. The van der Waals surface area contributed by atoms with Crippen molar-refractivity contribution >= 4 is 0 Å². The zero-order valence-electron chi connectivity index (χ0n) is 17.9. The molecule has 214 valence electrons. The summed E-state index contributed by atoms with van der Waals surface area (Å²) < 4.78 is 214. The van der Waals surface area contributed by atoms with Crippen molar-refractivity contribution in [3.8, 4) is 11.1 Å². The fourth-order valence-electron chi connectivity index (χ4n) is 3.17. The van der Waals surface area contributed by atoms with Gasteiger partial charge in [0.2, 0.25) is 0 Å². The van der Waals surface area contributed by atoms with E-state index in [1.54, 1.807) is 0 Å². The highest BCUT2D eigenvalue weighted by atomic mass is 19.4. The van der Waals surface area contributed by atoms with Gasteiger partial charge in [-0.05, 0) is 16.7 Å². The van der Waals surface area contributed by atoms with E-state index in [9.17, 15) is 75.4 Å². The van der Waals surface area contributed by atoms with Gasteiger partial charge in [-0.25, -0.2) is 0 Å². The van der Waals surface area contributed by atoms with Gasteiger partial charge in [0.15, 0.2) is 5.60 Å². The van der Waals surface area contributed by atoms with Gasteiger partial charge >= 0.3 is 42.0 Å². The van der Waals surface area contributed by atoms with Crippen LogP contribution >= 0.6 is 0 Å². The molecule has 0 amide bonds. The lowest BCUT2D eigenvalue weighted by Gasteiger charge is -2.42. The summed E-state index contributed by atoms with van der Waals surface area (Å²) in [5, 5.41) is 9.94. The van der Waals surface area contributed by atoms with Gasteiger partial charge in [0.1, 0.15) is 0 Å². The Balaban J connectivity index is 2.59. The number of benzene rings is 2. The number of alkyl halides is 16. The summed E-state index contributed by atoms with van der Waals surface area (Å²) >= 11 is 0. The summed E-state index contributed by atoms with van der Waals surface area (Å²) in [6.45, 7) is 0. The van der Waals surface area contributed by atoms with E-state index in [4.69, 9.17) is 0 Å². The molecule has 0 saturated heterocycles. The predicted molar refractivity (Wildman–Crippen MR) is 97.2 cm³/mol. The smallest absolute Gasteiger partial charge is 0.376 e. The largest absolute Gasteiger partial charge is 0.460 e. The minimum Gasteiger partial charge on any atom is -0.376 e. The van der Waals surface area contributed by atoms with Gasteiger partial charge < -0.3 is 5.11 Å². The molecule has 1 atom stereocenters. The third-order valence-corrected chi connectivity index (χ3v) is 5.41. The topological polar surface area (TPSA) is 20.2 Å². The van der Waals surface area contributed by atoms with Crippen LogP contribution in [0.25, 0.3) is 11.1 Å². The second-order valence-electron chi connectivity index (χ2n) is 7.98. The van der Waals surface area contributed by atoms with E-state index in [1.807, 2.05) is 0 Å². The fraction of sp³-hybridized carbons (Fsp3) is 0.429. The van der Waals surface area contributed by atoms with Crippen molar-refractivity contribution < 1.29 is 75.4 Å². The van der Waals surface area contributed by atoms with Crippen LogP contribution in [0.1, 0.15) is 12.0 Å². The molecule has 2 aromatic carbocycles. The van der Waals surface area contributed by atoms with Crippen LogP contribution in [0, 0.1) is 0 Å². The molecule has 0 aliphatic carbocycles. The van der Waals surface area contributed by atoms with Crippen LogP contribution in [-0.2, 0) is 5.60 Å². The molecule has 0 spiro atoms. The lowest BCUT2D eigenvalue weighted by Crippen LogP contribution is -2.70. The molecule has 0 aliphatic rings. The average Bonchev–Trinajstić information content (AvgIpc) is 2.77. The average molecular weight is 584 g/mol. The van der Waals surface area contributed by atoms with Crippen LogP contribution < -0.4 is 0 Å². The third-order valence-electron chi connectivity index (χ3n) is 5.41. The molecule has 0 saturated carbocycles. The molecule has 17 heteroatoms. The highest BCUT2D eigenvalue weighted by molar-refractivity contribution is 5.63. The van der Waals surface area contributed by atoms with Gasteiger partial charge in [-0.3, -0.25) is 0 Å². The Hall–Kier alpha value is -2.72. The van der Waals surface area contributed by atoms with Crippen molar-refractivity contribution in [1.82, 2.24) is 0 Å². The molecule has 0 heterocycles. The maximum Gasteiger partial charge on any atom is 0.460 e. The van der Waals surface area contributed by atoms with Gasteiger partial charge in [0, 0.05) is 0 Å². The normalized spacial score (nSPS) is 16.3. The van der Waals surface area contributed by atoms with Crippen LogP contribution in [0.15, 0.2) is 54.6 Å². The first-order valence-corrected chi connectivity index (χ1v) is 9.69. The minimum atomic E-state index is -8.29. The van der Waals surface area contributed by atoms with E-state index >= 15 is 0 Å². The predicted octanol–water partition coefficient (Wildman–Crippen LogP) is 8.23. The zero-order chi connectivity index (χ0) is 29.8. The highest BCUT2D eigenvalue weighted by Crippen LogP contribution is 2.62. The molecule has 0 fully saturated rings. The SMILES string of the molecule is OC(CC(F)(F)C(F)(F)C(F)(F)C(F)(F)C(F)(F)C(F)(F)F)(c1ccc(-c2ccccc2)cc1)C(F)(F)F. The van der Waals surface area contributed by atoms with E-state index in [-0.39, 0.29) is 17.7 Å². The van der Waals surface area contributed by atoms with E-state index in [0.717, 1.165) is 12.1 Å². The van der Waals surface area contributed by atoms with Crippen LogP contribution in [0.5, 0.6) is 0 Å². The molecule has 0 bridgehead atoms. The van der Waals surface area contributed by atoms with Crippen molar-refractivity contribution in [1.29, 1.82) is 0 Å². The van der Waals surface area contributed by atoms with Crippen molar-refractivity contribution in [2.24, 2.45) is 0 Å². The monoisotopic (exact) mass is 584 g/mol. The first-order valence-electron chi connectivity index (χ1n) is 9.69. The first kappa shape index (κ1) is 31.5. The molecule has 0 radical (unpaired) electrons. The third kappa shape index (κ3) is 4.77. The molecular formula is C21H12F16O. The Labute approximate surface area is 201 Å². The van der Waals surface area contributed by atoms with Crippen molar-refractivity contribution in [3.63, 3.8) is 0 Å². The summed E-state index contributed by atoms with van der Waals surface area (Å²) in [5.41, 5.74) is -6.53. The number of hydrogen-bond donors (Lipinski definition) is 1. The van der Waals surface area contributed by atoms with E-state index in [1.165, 1.54) is 30.3 Å². The summed E-state index contributed by atoms with van der Waals surface area (Å²) in [6.07, 6.45) is -17.9. The van der Waals surface area contributed by atoms with Gasteiger partial charge in [0.25, 0.3) is 0 Å². The van der Waals surface area contributed by atoms with Crippen LogP contribution in [0.4, 0.5) is 70.2 Å². The summed E-state index contributed by atoms with van der Waals surface area (Å²) in [5.74, 6) is -39.7. The van der Waals surface area contributed by atoms with Gasteiger partial charge in [-0.2, -0.15) is 70.2 Å². The van der Waals surface area contributed by atoms with Crippen molar-refractivity contribution in [2.75, 3.05) is 0 Å². The Morgan fingerprint density at radius 3 is 1.24 bits per heavy atom. The fourth-order valence-corrected chi connectivity index (χ4v) is 3.17. The van der Waals surface area contributed by atoms with Crippen molar-refractivity contribution in [3.05, 3.63) is 60.2 Å². The van der Waals surface area contributed by atoms with Gasteiger partial charge in [-0.1, -0.05) is 54.6 Å². The molecule has 0 aliphatic heterocycles. The summed E-state index contributed by atoms with van der Waals surface area (Å²) in [4.78, 5) is 0. The quantitative estimate of drug-likeness (QED) is 0.310. The molecule has 2 rings (SSSR count). The number of halogens is 16. The number of aliphatic hydroxyl groups is 1. The van der Waals surface area contributed by atoms with Crippen LogP contribution in [0.2, 0.25) is 0 Å². The van der Waals surface area contributed by atoms with Gasteiger partial charge in [0.05, 0.1) is 6.42 Å². The molecule has 1 nitrogen and oxygen atoms in total. The molecule has 0 aromatic heterocycles. The molecule has 38 heavy (non-hydrogen) atoms. The van der Waals surface area contributed by atoms with E-state index < -0.39 is 59.6 Å². The second-order valence-corrected chi connectivity index (χ2v) is 7.98. The Kier molecular flexibility index (Phi) is 7.62. The number of hydrogen-bond acceptors (Lipinski definition) is 1. The lowest BCUT2D eigenvalue weighted by molar-refractivity contribution is -0.443. The Bertz CT molecular complexity index is 1100. The number of rotatable bonds is 8. The molecule has 1 unspecified atom stereocenters. The van der Waals surface area contributed by atoms with Gasteiger partial charge in [-0.15, -0.1) is 0 Å². The Morgan fingerprint density at radius 1 is 0.447 bits per heavy atom. The van der Waals surface area contributed by atoms with E-state index in [2.05, 4.69) is 0 Å². The van der Waals surface area contributed by atoms with Crippen LogP contribution in [-0.4, -0.2) is 47.1 Å². The lowest BCUT2D eigenvalue weighted by atomic mass is 9.82. The Morgan fingerprint density at radius 2 is 0.842 bits per heavy atom. The first-order chi connectivity index (χ1) is 16.8. The highest BCUT2D eigenvalue weighted by Gasteiger charge is 2.91. The summed E-state index contributed by atoms with van der Waals surface area (Å²) in [7, 11) is 0. The second kappa shape index (κ2) is 9.19. The minimum absolute atomic E-state index is 0.0662. The molecule has 2 aromatic rings. The van der Waals surface area contributed by atoms with E-state index in [0.29, 0.717) is 5.56 Å². The van der Waals surface area contributed by atoms with Crippen LogP contribution in [0.3, 0.4) is 0 Å². The maximum atomic E-state index is 14.2. The summed E-state index contributed by atoms with van der Waals surface area (Å²) in [6, 6.07) is 9.20. The van der Waals surface area contributed by atoms with Crippen molar-refractivity contribution in [2.45, 2.75) is 54.0 Å².